The summed E-state index contributed by atoms with van der Waals surface area (Å²) in [7, 11) is 0. The lowest BCUT2D eigenvalue weighted by atomic mass is 10.1. The molecular weight excluding hydrogens is 300 g/mol. The van der Waals surface area contributed by atoms with Crippen molar-refractivity contribution < 1.29 is 9.90 Å². The number of nitrogens with zero attached hydrogens (tertiary/aromatic N) is 1. The Labute approximate surface area is 114 Å². The predicted octanol–water partition coefficient (Wildman–Crippen LogP) is 0.888. The van der Waals surface area contributed by atoms with Crippen LogP contribution in [0.5, 0.6) is 0 Å². The van der Waals surface area contributed by atoms with Gasteiger partial charge in [0, 0.05) is 29.7 Å². The van der Waals surface area contributed by atoms with Gasteiger partial charge >= 0.3 is 0 Å². The molecule has 0 saturated carbocycles. The van der Waals surface area contributed by atoms with Gasteiger partial charge in [0.25, 0.3) is 5.56 Å². The Hall–Kier alpha value is -1.14. The van der Waals surface area contributed by atoms with Crippen molar-refractivity contribution in [1.82, 2.24) is 9.88 Å². The average Bonchev–Trinajstić information content (AvgIpc) is 2.30. The molecule has 6 heteroatoms. The molecule has 0 saturated heterocycles. The Kier molecular flexibility index (Phi) is 5.10. The van der Waals surface area contributed by atoms with E-state index >= 15 is 0 Å². The number of hydrogen-bond acceptors (Lipinski definition) is 3. The topological polar surface area (TPSA) is 71.3 Å². The van der Waals surface area contributed by atoms with Gasteiger partial charge < -0.3 is 15.0 Å². The van der Waals surface area contributed by atoms with Gasteiger partial charge in [-0.1, -0.05) is 0 Å². The van der Waals surface area contributed by atoms with Crippen molar-refractivity contribution in [2.45, 2.75) is 32.4 Å². The molecule has 0 fully saturated rings. The van der Waals surface area contributed by atoms with Crippen LogP contribution in [0.1, 0.15) is 20.3 Å². The van der Waals surface area contributed by atoms with Gasteiger partial charge in [-0.15, -0.1) is 0 Å². The molecule has 1 aromatic rings. The predicted molar refractivity (Wildman–Crippen MR) is 72.3 cm³/mol. The quantitative estimate of drug-likeness (QED) is 0.847. The monoisotopic (exact) mass is 316 g/mol. The second kappa shape index (κ2) is 6.15. The number of aromatic nitrogens is 1. The Morgan fingerprint density at radius 1 is 1.50 bits per heavy atom. The highest BCUT2D eigenvalue weighted by Crippen LogP contribution is 2.05. The molecule has 5 nitrogen and oxygen atoms in total. The minimum Gasteiger partial charge on any atom is -0.394 e. The lowest BCUT2D eigenvalue weighted by Gasteiger charge is -2.23. The third kappa shape index (κ3) is 4.62. The summed E-state index contributed by atoms with van der Waals surface area (Å²) in [6.45, 7) is 3.65. The van der Waals surface area contributed by atoms with Crippen molar-refractivity contribution in [3.8, 4) is 0 Å². The van der Waals surface area contributed by atoms with Gasteiger partial charge in [-0.05, 0) is 35.8 Å². The van der Waals surface area contributed by atoms with Gasteiger partial charge in [-0.25, -0.2) is 0 Å². The summed E-state index contributed by atoms with van der Waals surface area (Å²) in [4.78, 5) is 23.1. The number of aliphatic hydroxyl groups excluding tert-OH is 1. The molecule has 0 aliphatic rings. The first kappa shape index (κ1) is 14.9. The lowest BCUT2D eigenvalue weighted by Crippen LogP contribution is -2.46. The third-order valence-corrected chi connectivity index (χ3v) is 2.87. The molecule has 1 aromatic heterocycles. The number of hydrogen-bond donors (Lipinski definition) is 2. The summed E-state index contributed by atoms with van der Waals surface area (Å²) < 4.78 is 2.26. The SMILES string of the molecule is CC(C)(CO)NC(=O)CCn1cc(Br)ccc1=O. The minimum absolute atomic E-state index is 0.129. The normalized spacial score (nSPS) is 11.3. The fourth-order valence-corrected chi connectivity index (χ4v) is 1.76. The van der Waals surface area contributed by atoms with Crippen molar-refractivity contribution in [1.29, 1.82) is 0 Å². The molecule has 0 radical (unpaired) electrons. The van der Waals surface area contributed by atoms with E-state index in [-0.39, 0.29) is 24.5 Å². The Morgan fingerprint density at radius 2 is 2.17 bits per heavy atom. The number of aliphatic hydroxyl groups is 1. The maximum Gasteiger partial charge on any atom is 0.250 e. The van der Waals surface area contributed by atoms with Gasteiger partial charge in [0.05, 0.1) is 12.1 Å². The van der Waals surface area contributed by atoms with E-state index in [1.807, 2.05) is 0 Å². The maximum atomic E-state index is 11.6. The zero-order valence-electron chi connectivity index (χ0n) is 10.4. The largest absolute Gasteiger partial charge is 0.394 e. The van der Waals surface area contributed by atoms with E-state index in [9.17, 15) is 9.59 Å². The minimum atomic E-state index is -0.640. The van der Waals surface area contributed by atoms with E-state index in [4.69, 9.17) is 5.11 Å². The van der Waals surface area contributed by atoms with E-state index in [2.05, 4.69) is 21.2 Å². The standard InChI is InChI=1S/C12H17BrN2O3/c1-12(2,8-16)14-10(17)5-6-15-7-9(13)3-4-11(15)18/h3-4,7,16H,5-6,8H2,1-2H3,(H,14,17). The number of amides is 1. The Balaban J connectivity index is 2.58. The van der Waals surface area contributed by atoms with Crippen LogP contribution in [-0.4, -0.2) is 27.7 Å². The highest BCUT2D eigenvalue weighted by molar-refractivity contribution is 9.10. The summed E-state index contributed by atoms with van der Waals surface area (Å²) in [6.07, 6.45) is 1.84. The fraction of sp³-hybridized carbons (Fsp3) is 0.500. The van der Waals surface area contributed by atoms with Gasteiger partial charge in [0.15, 0.2) is 0 Å². The molecule has 0 aliphatic heterocycles. The molecule has 0 bridgehead atoms. The van der Waals surface area contributed by atoms with Crippen LogP contribution in [-0.2, 0) is 11.3 Å². The van der Waals surface area contributed by atoms with Crippen molar-refractivity contribution in [3.05, 3.63) is 33.2 Å². The smallest absolute Gasteiger partial charge is 0.250 e. The molecule has 18 heavy (non-hydrogen) atoms. The number of aryl methyl sites for hydroxylation is 1. The van der Waals surface area contributed by atoms with E-state index in [0.717, 1.165) is 4.47 Å². The molecular formula is C12H17BrN2O3. The van der Waals surface area contributed by atoms with Gasteiger partial charge in [-0.2, -0.15) is 0 Å². The summed E-state index contributed by atoms with van der Waals surface area (Å²) >= 11 is 3.27. The Bertz CT molecular complexity index is 482. The van der Waals surface area contributed by atoms with E-state index in [0.29, 0.717) is 6.54 Å². The fourth-order valence-electron chi connectivity index (χ4n) is 1.38. The van der Waals surface area contributed by atoms with Gasteiger partial charge in [0.2, 0.25) is 5.91 Å². The highest BCUT2D eigenvalue weighted by Gasteiger charge is 2.18. The molecule has 1 rings (SSSR count). The number of rotatable bonds is 5. The summed E-state index contributed by atoms with van der Waals surface area (Å²) in [5.41, 5.74) is -0.785. The van der Waals surface area contributed by atoms with Gasteiger partial charge in [0.1, 0.15) is 0 Å². The molecule has 0 aliphatic carbocycles. The number of halogens is 1. The van der Waals surface area contributed by atoms with Crippen molar-refractivity contribution in [2.24, 2.45) is 0 Å². The van der Waals surface area contributed by atoms with Gasteiger partial charge in [-0.3, -0.25) is 9.59 Å². The summed E-state index contributed by atoms with van der Waals surface area (Å²) in [5, 5.41) is 11.7. The number of carbonyl (C=O) groups excluding carboxylic acids is 1. The number of pyridine rings is 1. The second-order valence-electron chi connectivity index (χ2n) is 4.72. The van der Waals surface area contributed by atoms with Crippen LogP contribution in [0.4, 0.5) is 0 Å². The van der Waals surface area contributed by atoms with Crippen LogP contribution in [0.2, 0.25) is 0 Å². The first-order valence-electron chi connectivity index (χ1n) is 5.62. The second-order valence-corrected chi connectivity index (χ2v) is 5.63. The van der Waals surface area contributed by atoms with Crippen LogP contribution in [0.3, 0.4) is 0 Å². The molecule has 0 unspecified atom stereocenters. The third-order valence-electron chi connectivity index (χ3n) is 2.40. The first-order chi connectivity index (χ1) is 8.34. The molecule has 100 valence electrons. The van der Waals surface area contributed by atoms with Crippen molar-refractivity contribution in [3.63, 3.8) is 0 Å². The van der Waals surface area contributed by atoms with Crippen LogP contribution >= 0.6 is 15.9 Å². The highest BCUT2D eigenvalue weighted by atomic mass is 79.9. The van der Waals surface area contributed by atoms with Crippen LogP contribution < -0.4 is 10.9 Å². The molecule has 0 atom stereocenters. The number of carbonyl (C=O) groups is 1. The zero-order valence-corrected chi connectivity index (χ0v) is 12.0. The average molecular weight is 317 g/mol. The first-order valence-corrected chi connectivity index (χ1v) is 6.41. The molecule has 1 heterocycles. The maximum absolute atomic E-state index is 11.6. The molecule has 0 spiro atoms. The summed E-state index contributed by atoms with van der Waals surface area (Å²) in [5.74, 6) is -0.194. The van der Waals surface area contributed by atoms with Crippen LogP contribution in [0.25, 0.3) is 0 Å². The van der Waals surface area contributed by atoms with Crippen molar-refractivity contribution >= 4 is 21.8 Å². The lowest BCUT2D eigenvalue weighted by molar-refractivity contribution is -0.123. The molecule has 2 N–H and O–H groups in total. The molecule has 0 aromatic carbocycles. The van der Waals surface area contributed by atoms with Crippen LogP contribution in [0.15, 0.2) is 27.6 Å². The zero-order chi connectivity index (χ0) is 13.8. The Morgan fingerprint density at radius 3 is 2.78 bits per heavy atom. The van der Waals surface area contributed by atoms with Crippen LogP contribution in [0, 0.1) is 0 Å². The van der Waals surface area contributed by atoms with E-state index < -0.39 is 5.54 Å². The van der Waals surface area contributed by atoms with E-state index in [1.165, 1.54) is 10.6 Å². The summed E-state index contributed by atoms with van der Waals surface area (Å²) in [6, 6.07) is 3.10. The van der Waals surface area contributed by atoms with Crippen molar-refractivity contribution in [2.75, 3.05) is 6.61 Å². The number of nitrogens with one attached hydrogen (secondary N) is 1. The molecule has 1 amide bonds. The van der Waals surface area contributed by atoms with E-state index in [1.54, 1.807) is 26.1 Å².